The molecule has 0 amide bonds. The van der Waals surface area contributed by atoms with Gasteiger partial charge < -0.3 is 0 Å². The van der Waals surface area contributed by atoms with Gasteiger partial charge in [0, 0.05) is 22.7 Å². The van der Waals surface area contributed by atoms with Crippen molar-refractivity contribution in [1.82, 2.24) is 24.6 Å². The molecule has 0 spiro atoms. The predicted molar refractivity (Wildman–Crippen MR) is 115 cm³/mol. The van der Waals surface area contributed by atoms with Gasteiger partial charge >= 0.3 is 0 Å². The Kier molecular flexibility index (Phi) is 4.59. The second-order valence-electron chi connectivity index (χ2n) is 7.91. The molecule has 4 heterocycles. The van der Waals surface area contributed by atoms with Crippen LogP contribution in [0, 0.1) is 5.92 Å². The first-order valence-corrected chi connectivity index (χ1v) is 11.6. The highest BCUT2D eigenvalue weighted by Crippen LogP contribution is 2.40. The van der Waals surface area contributed by atoms with Crippen LogP contribution in [-0.2, 0) is 18.6 Å². The van der Waals surface area contributed by atoms with Crippen molar-refractivity contribution in [3.63, 3.8) is 0 Å². The second-order valence-corrected chi connectivity index (χ2v) is 9.93. The zero-order valence-electron chi connectivity index (χ0n) is 16.3. The molecular formula is C21H23N5S2. The van der Waals surface area contributed by atoms with Crippen molar-refractivity contribution < 1.29 is 0 Å². The highest BCUT2D eigenvalue weighted by molar-refractivity contribution is 7.98. The van der Waals surface area contributed by atoms with Crippen LogP contribution in [0.3, 0.4) is 0 Å². The third-order valence-corrected chi connectivity index (χ3v) is 7.50. The van der Waals surface area contributed by atoms with Gasteiger partial charge in [-0.05, 0) is 42.9 Å². The lowest BCUT2D eigenvalue weighted by molar-refractivity contribution is 0.509. The van der Waals surface area contributed by atoms with Gasteiger partial charge in [0.1, 0.15) is 10.7 Å². The number of aryl methyl sites for hydroxylation is 1. The average Bonchev–Trinajstić information content (AvgIpc) is 3.26. The van der Waals surface area contributed by atoms with Crippen LogP contribution in [0.15, 0.2) is 29.6 Å². The van der Waals surface area contributed by atoms with E-state index in [-0.39, 0.29) is 0 Å². The zero-order chi connectivity index (χ0) is 19.3. The van der Waals surface area contributed by atoms with E-state index in [0.29, 0.717) is 5.92 Å². The number of nitrogens with zero attached hydrogens (tertiary/aromatic N) is 5. The Morgan fingerprint density at radius 2 is 2.18 bits per heavy atom. The van der Waals surface area contributed by atoms with E-state index in [0.717, 1.165) is 51.7 Å². The predicted octanol–water partition coefficient (Wildman–Crippen LogP) is 5.27. The third kappa shape index (κ3) is 3.01. The number of hydrogen-bond acceptors (Lipinski definition) is 6. The van der Waals surface area contributed by atoms with Gasteiger partial charge in [0.2, 0.25) is 0 Å². The van der Waals surface area contributed by atoms with Gasteiger partial charge in [-0.3, -0.25) is 9.38 Å². The summed E-state index contributed by atoms with van der Waals surface area (Å²) < 4.78 is 2.19. The van der Waals surface area contributed by atoms with Gasteiger partial charge in [-0.15, -0.1) is 21.5 Å². The lowest BCUT2D eigenvalue weighted by Gasteiger charge is -2.17. The Labute approximate surface area is 172 Å². The summed E-state index contributed by atoms with van der Waals surface area (Å²) in [6.07, 6.45) is 5.36. The van der Waals surface area contributed by atoms with E-state index in [1.54, 1.807) is 11.8 Å². The topological polar surface area (TPSA) is 56.0 Å². The maximum absolute atomic E-state index is 5.09. The van der Waals surface area contributed by atoms with Crippen LogP contribution in [0.2, 0.25) is 0 Å². The van der Waals surface area contributed by atoms with Crippen LogP contribution >= 0.6 is 23.1 Å². The summed E-state index contributed by atoms with van der Waals surface area (Å²) in [5.74, 6) is 2.87. The lowest BCUT2D eigenvalue weighted by atomic mass is 9.89. The van der Waals surface area contributed by atoms with Crippen LogP contribution in [0.1, 0.15) is 55.1 Å². The molecule has 0 fully saturated rings. The van der Waals surface area contributed by atoms with Gasteiger partial charge in [-0.2, -0.15) is 0 Å². The van der Waals surface area contributed by atoms with Gasteiger partial charge in [-0.1, -0.05) is 38.6 Å². The summed E-state index contributed by atoms with van der Waals surface area (Å²) in [6.45, 7) is 6.73. The molecule has 0 radical (unpaired) electrons. The van der Waals surface area contributed by atoms with Crippen molar-refractivity contribution >= 4 is 39.0 Å². The largest absolute Gasteiger partial charge is 0.260 e. The fraction of sp³-hybridized carbons (Fsp3) is 0.429. The summed E-state index contributed by atoms with van der Waals surface area (Å²) in [7, 11) is 0. The fourth-order valence-electron chi connectivity index (χ4n) is 3.94. The minimum Gasteiger partial charge on any atom is -0.260 e. The number of fused-ring (bicyclic) bond motifs is 5. The molecule has 0 aliphatic heterocycles. The molecule has 144 valence electrons. The van der Waals surface area contributed by atoms with Crippen molar-refractivity contribution in [1.29, 1.82) is 0 Å². The van der Waals surface area contributed by atoms with Crippen molar-refractivity contribution in [3.05, 3.63) is 46.4 Å². The number of rotatable bonds is 4. The standard InChI is InChI=1S/C21H23N5S2/c1-12(2)18-23-20-17(15-8-7-13(3)10-16(15)28-20)19-24-25-21(26(18)19)27-11-14-6-4-5-9-22-14/h4-6,9,12-13H,7-8,10-11H2,1-3H3. The first kappa shape index (κ1) is 18.1. The summed E-state index contributed by atoms with van der Waals surface area (Å²) in [5.41, 5.74) is 3.48. The highest BCUT2D eigenvalue weighted by atomic mass is 32.2. The van der Waals surface area contributed by atoms with Crippen LogP contribution < -0.4 is 0 Å². The molecule has 1 unspecified atom stereocenters. The normalized spacial score (nSPS) is 16.9. The maximum Gasteiger partial charge on any atom is 0.197 e. The fourth-order valence-corrected chi connectivity index (χ4v) is 6.18. The van der Waals surface area contributed by atoms with Crippen molar-refractivity contribution in [2.24, 2.45) is 5.92 Å². The van der Waals surface area contributed by atoms with E-state index in [2.05, 4.69) is 40.4 Å². The lowest BCUT2D eigenvalue weighted by Crippen LogP contribution is -2.09. The van der Waals surface area contributed by atoms with Crippen LogP contribution in [-0.4, -0.2) is 24.6 Å². The van der Waals surface area contributed by atoms with E-state index in [1.165, 1.54) is 22.2 Å². The Bertz CT molecular complexity index is 1150. The SMILES string of the molecule is CC1CCc2c(sc3nc(C(C)C)n4c(SCc5ccccn5)nnc4c23)C1. The number of pyridine rings is 1. The quantitative estimate of drug-likeness (QED) is 0.430. The molecule has 1 aliphatic rings. The highest BCUT2D eigenvalue weighted by Gasteiger charge is 2.26. The minimum atomic E-state index is 0.301. The molecule has 0 N–H and O–H groups in total. The molecule has 5 nitrogen and oxygen atoms in total. The Hall–Kier alpha value is -1.99. The smallest absolute Gasteiger partial charge is 0.197 e. The monoisotopic (exact) mass is 409 g/mol. The van der Waals surface area contributed by atoms with Gasteiger partial charge in [0.25, 0.3) is 0 Å². The molecular weight excluding hydrogens is 386 g/mol. The van der Waals surface area contributed by atoms with Gasteiger partial charge in [-0.25, -0.2) is 4.98 Å². The molecule has 4 aromatic rings. The van der Waals surface area contributed by atoms with Crippen molar-refractivity contribution in [3.8, 4) is 0 Å². The Morgan fingerprint density at radius 3 is 2.96 bits per heavy atom. The number of thioether (sulfide) groups is 1. The van der Waals surface area contributed by atoms with E-state index >= 15 is 0 Å². The van der Waals surface area contributed by atoms with E-state index < -0.39 is 0 Å². The van der Waals surface area contributed by atoms with E-state index in [4.69, 9.17) is 4.98 Å². The maximum atomic E-state index is 5.09. The first-order valence-electron chi connectivity index (χ1n) is 9.83. The molecule has 1 atom stereocenters. The second kappa shape index (κ2) is 7.12. The van der Waals surface area contributed by atoms with E-state index in [9.17, 15) is 0 Å². The molecule has 0 saturated carbocycles. The Balaban J connectivity index is 1.65. The molecule has 7 heteroatoms. The number of hydrogen-bond donors (Lipinski definition) is 0. The number of thiophene rings is 1. The molecule has 0 bridgehead atoms. The first-order chi connectivity index (χ1) is 13.6. The summed E-state index contributed by atoms with van der Waals surface area (Å²) >= 11 is 3.54. The summed E-state index contributed by atoms with van der Waals surface area (Å²) in [5, 5.41) is 11.3. The van der Waals surface area contributed by atoms with Gasteiger partial charge in [0.15, 0.2) is 10.8 Å². The Morgan fingerprint density at radius 1 is 1.29 bits per heavy atom. The minimum absolute atomic E-state index is 0.301. The summed E-state index contributed by atoms with van der Waals surface area (Å²) in [6, 6.07) is 6.01. The van der Waals surface area contributed by atoms with Crippen molar-refractivity contribution in [2.45, 2.75) is 56.9 Å². The molecule has 1 aliphatic carbocycles. The molecule has 5 rings (SSSR count). The van der Waals surface area contributed by atoms with E-state index in [1.807, 2.05) is 35.7 Å². The molecule has 4 aromatic heterocycles. The zero-order valence-corrected chi connectivity index (χ0v) is 18.0. The summed E-state index contributed by atoms with van der Waals surface area (Å²) in [4.78, 5) is 12.1. The molecule has 0 saturated heterocycles. The van der Waals surface area contributed by atoms with Crippen LogP contribution in [0.25, 0.3) is 15.9 Å². The van der Waals surface area contributed by atoms with Crippen LogP contribution in [0.5, 0.6) is 0 Å². The molecule has 28 heavy (non-hydrogen) atoms. The van der Waals surface area contributed by atoms with Crippen molar-refractivity contribution in [2.75, 3.05) is 0 Å². The third-order valence-electron chi connectivity index (χ3n) is 5.39. The average molecular weight is 410 g/mol. The van der Waals surface area contributed by atoms with Crippen LogP contribution in [0.4, 0.5) is 0 Å². The number of aromatic nitrogens is 5. The van der Waals surface area contributed by atoms with Gasteiger partial charge in [0.05, 0.1) is 11.1 Å². The molecule has 0 aromatic carbocycles.